The lowest BCUT2D eigenvalue weighted by atomic mass is 10.0. The molecule has 4 rings (SSSR count). The Labute approximate surface area is 133 Å². The highest BCUT2D eigenvalue weighted by Gasteiger charge is 2.43. The van der Waals surface area contributed by atoms with Crippen LogP contribution in [-0.2, 0) is 9.59 Å². The van der Waals surface area contributed by atoms with Crippen molar-refractivity contribution < 1.29 is 9.59 Å². The Balaban J connectivity index is 1.97. The predicted molar refractivity (Wildman–Crippen MR) is 87.6 cm³/mol. The molecule has 0 unspecified atom stereocenters. The number of rotatable bonds is 2. The smallest absolute Gasteiger partial charge is 0.261 e. The fourth-order valence-electron chi connectivity index (χ4n) is 3.11. The third kappa shape index (κ3) is 1.92. The Bertz CT molecular complexity index is 880. The first-order chi connectivity index (χ1) is 11.2. The molecule has 0 radical (unpaired) electrons. The zero-order chi connectivity index (χ0) is 16.0. The van der Waals surface area contributed by atoms with Crippen molar-refractivity contribution in [1.82, 2.24) is 10.2 Å². The highest BCUT2D eigenvalue weighted by atomic mass is 16.2. The fraction of sp³-hybridized carbons (Fsp3) is 0.0526. The Hall–Kier alpha value is -3.14. The summed E-state index contributed by atoms with van der Waals surface area (Å²) < 4.78 is 0. The van der Waals surface area contributed by atoms with Crippen molar-refractivity contribution in [3.8, 4) is 0 Å². The molecule has 0 saturated heterocycles. The van der Waals surface area contributed by atoms with Crippen LogP contribution in [0.25, 0.3) is 11.4 Å². The minimum atomic E-state index is -0.226. The molecule has 2 aliphatic rings. The van der Waals surface area contributed by atoms with E-state index < -0.39 is 0 Å². The summed E-state index contributed by atoms with van der Waals surface area (Å²) >= 11 is 0. The van der Waals surface area contributed by atoms with Crippen LogP contribution in [0.15, 0.2) is 71.8 Å². The molecule has 23 heavy (non-hydrogen) atoms. The molecule has 2 aliphatic heterocycles. The molecule has 2 aromatic rings. The van der Waals surface area contributed by atoms with Gasteiger partial charge in [-0.3, -0.25) is 9.59 Å². The van der Waals surface area contributed by atoms with E-state index in [-0.39, 0.29) is 11.8 Å². The van der Waals surface area contributed by atoms with Crippen molar-refractivity contribution >= 4 is 23.2 Å². The number of hydrogen-bond donors (Lipinski definition) is 1. The molecule has 0 fully saturated rings. The SMILES string of the molecule is CN1C(=O)C2=C(c3ccccc3)NC(=O)C2=C1c1ccccc1. The number of nitrogens with zero attached hydrogens (tertiary/aromatic N) is 1. The number of fused-ring (bicyclic) bond motifs is 1. The molecular weight excluding hydrogens is 288 g/mol. The van der Waals surface area contributed by atoms with Crippen molar-refractivity contribution in [1.29, 1.82) is 0 Å². The number of nitrogens with one attached hydrogen (secondary N) is 1. The van der Waals surface area contributed by atoms with E-state index in [1.165, 1.54) is 0 Å². The van der Waals surface area contributed by atoms with E-state index in [4.69, 9.17) is 0 Å². The average molecular weight is 302 g/mol. The zero-order valence-corrected chi connectivity index (χ0v) is 12.5. The van der Waals surface area contributed by atoms with Crippen molar-refractivity contribution in [3.63, 3.8) is 0 Å². The molecular formula is C19H14N2O2. The van der Waals surface area contributed by atoms with Gasteiger partial charge in [-0.25, -0.2) is 0 Å². The van der Waals surface area contributed by atoms with Crippen molar-refractivity contribution in [2.45, 2.75) is 0 Å². The summed E-state index contributed by atoms with van der Waals surface area (Å²) in [6.45, 7) is 0. The molecule has 2 heterocycles. The summed E-state index contributed by atoms with van der Waals surface area (Å²) in [6.07, 6.45) is 0. The van der Waals surface area contributed by atoms with Crippen molar-refractivity contribution in [3.05, 3.63) is 82.9 Å². The monoisotopic (exact) mass is 302 g/mol. The number of likely N-dealkylation sites (N-methyl/N-ethyl adjacent to an activating group) is 1. The van der Waals surface area contributed by atoms with Gasteiger partial charge in [0.1, 0.15) is 0 Å². The zero-order valence-electron chi connectivity index (χ0n) is 12.5. The number of hydrogen-bond acceptors (Lipinski definition) is 2. The van der Waals surface area contributed by atoms with E-state index in [1.54, 1.807) is 11.9 Å². The van der Waals surface area contributed by atoms with E-state index in [0.717, 1.165) is 11.1 Å². The van der Waals surface area contributed by atoms with Crippen LogP contribution in [0.2, 0.25) is 0 Å². The Morgan fingerprint density at radius 2 is 1.35 bits per heavy atom. The van der Waals surface area contributed by atoms with Crippen LogP contribution >= 0.6 is 0 Å². The van der Waals surface area contributed by atoms with Gasteiger partial charge >= 0.3 is 0 Å². The van der Waals surface area contributed by atoms with Crippen LogP contribution in [0.3, 0.4) is 0 Å². The van der Waals surface area contributed by atoms with Crippen LogP contribution in [0, 0.1) is 0 Å². The average Bonchev–Trinajstić information content (AvgIpc) is 3.06. The molecule has 112 valence electrons. The van der Waals surface area contributed by atoms with Crippen molar-refractivity contribution in [2.24, 2.45) is 0 Å². The van der Waals surface area contributed by atoms with Gasteiger partial charge in [-0.1, -0.05) is 60.7 Å². The highest BCUT2D eigenvalue weighted by molar-refractivity contribution is 6.30. The molecule has 0 bridgehead atoms. The van der Waals surface area contributed by atoms with Crippen LogP contribution in [0.1, 0.15) is 11.1 Å². The van der Waals surface area contributed by atoms with Crippen LogP contribution in [0.5, 0.6) is 0 Å². The number of benzene rings is 2. The fourth-order valence-corrected chi connectivity index (χ4v) is 3.11. The number of carbonyl (C=O) groups is 2. The maximum atomic E-state index is 12.7. The third-order valence-corrected chi connectivity index (χ3v) is 4.17. The van der Waals surface area contributed by atoms with Gasteiger partial charge in [0.2, 0.25) is 0 Å². The normalized spacial score (nSPS) is 17.0. The summed E-state index contributed by atoms with van der Waals surface area (Å²) in [5.41, 5.74) is 3.87. The number of carbonyl (C=O) groups excluding carboxylic acids is 2. The predicted octanol–water partition coefficient (Wildman–Crippen LogP) is 2.41. The summed E-state index contributed by atoms with van der Waals surface area (Å²) in [5, 5.41) is 2.86. The van der Waals surface area contributed by atoms with Gasteiger partial charge in [0.15, 0.2) is 0 Å². The maximum Gasteiger partial charge on any atom is 0.261 e. The second-order valence-corrected chi connectivity index (χ2v) is 5.52. The molecule has 0 aliphatic carbocycles. The first kappa shape index (κ1) is 13.5. The van der Waals surface area contributed by atoms with Gasteiger partial charge in [0.25, 0.3) is 11.8 Å². The lowest BCUT2D eigenvalue weighted by Gasteiger charge is -2.16. The van der Waals surface area contributed by atoms with Crippen LogP contribution < -0.4 is 5.32 Å². The van der Waals surface area contributed by atoms with Crippen molar-refractivity contribution in [2.75, 3.05) is 7.05 Å². The van der Waals surface area contributed by atoms with E-state index in [0.29, 0.717) is 22.5 Å². The first-order valence-corrected chi connectivity index (χ1v) is 7.37. The standard InChI is InChI=1S/C19H14N2O2/c1-21-17(13-10-6-3-7-11-13)15-14(19(21)23)16(20-18(15)22)12-8-4-2-5-9-12/h2-11H,1H3,(H,20,22). The molecule has 0 spiro atoms. The molecule has 2 aromatic carbocycles. The van der Waals surface area contributed by atoms with Crippen LogP contribution in [-0.4, -0.2) is 23.8 Å². The molecule has 1 N–H and O–H groups in total. The Morgan fingerprint density at radius 3 is 1.96 bits per heavy atom. The van der Waals surface area contributed by atoms with Gasteiger partial charge in [0, 0.05) is 7.05 Å². The Kier molecular flexibility index (Phi) is 2.91. The molecule has 0 atom stereocenters. The highest BCUT2D eigenvalue weighted by Crippen LogP contribution is 2.41. The molecule has 0 aromatic heterocycles. The Morgan fingerprint density at radius 1 is 0.783 bits per heavy atom. The largest absolute Gasteiger partial charge is 0.321 e. The molecule has 0 saturated carbocycles. The summed E-state index contributed by atoms with van der Waals surface area (Å²) in [5.74, 6) is -0.383. The summed E-state index contributed by atoms with van der Waals surface area (Å²) in [4.78, 5) is 26.8. The van der Waals surface area contributed by atoms with Crippen LogP contribution in [0.4, 0.5) is 0 Å². The quantitative estimate of drug-likeness (QED) is 0.926. The second-order valence-electron chi connectivity index (χ2n) is 5.52. The lowest BCUT2D eigenvalue weighted by Crippen LogP contribution is -2.23. The third-order valence-electron chi connectivity index (χ3n) is 4.17. The minimum absolute atomic E-state index is 0.156. The van der Waals surface area contributed by atoms with Gasteiger partial charge in [-0.15, -0.1) is 0 Å². The molecule has 2 amide bonds. The first-order valence-electron chi connectivity index (χ1n) is 7.37. The van der Waals surface area contributed by atoms with Gasteiger partial charge in [-0.05, 0) is 11.1 Å². The van der Waals surface area contributed by atoms with Gasteiger partial charge in [-0.2, -0.15) is 0 Å². The topological polar surface area (TPSA) is 49.4 Å². The summed E-state index contributed by atoms with van der Waals surface area (Å²) in [7, 11) is 1.71. The van der Waals surface area contributed by atoms with E-state index in [1.807, 2.05) is 60.7 Å². The summed E-state index contributed by atoms with van der Waals surface area (Å²) in [6, 6.07) is 19.0. The van der Waals surface area contributed by atoms with E-state index in [9.17, 15) is 9.59 Å². The number of amides is 2. The van der Waals surface area contributed by atoms with E-state index in [2.05, 4.69) is 5.32 Å². The maximum absolute atomic E-state index is 12.7. The minimum Gasteiger partial charge on any atom is -0.321 e. The molecule has 4 heteroatoms. The molecule has 4 nitrogen and oxygen atoms in total. The van der Waals surface area contributed by atoms with Gasteiger partial charge < -0.3 is 10.2 Å². The van der Waals surface area contributed by atoms with Gasteiger partial charge in [0.05, 0.1) is 22.5 Å². The lowest BCUT2D eigenvalue weighted by molar-refractivity contribution is -0.122. The second kappa shape index (κ2) is 4.95. The van der Waals surface area contributed by atoms with E-state index >= 15 is 0 Å².